The Morgan fingerprint density at radius 2 is 1.92 bits per heavy atom. The summed E-state index contributed by atoms with van der Waals surface area (Å²) in [6.07, 6.45) is 3.03. The molecule has 0 radical (unpaired) electrons. The van der Waals surface area contributed by atoms with Crippen LogP contribution in [0.3, 0.4) is 0 Å². The molecule has 1 amide bonds. The standard InChI is InChI=1S/C18H26N2O4S.ClH/c1-17(2)15-14(5-4-10-24-15)18(17,19)16(21)20-11-12-6-8-13(9-7-12)25(3,22)23;/h6-9,14-15H,4-5,10-11,19H2,1-3H3,(H,20,21);1H. The van der Waals surface area contributed by atoms with Gasteiger partial charge in [0.15, 0.2) is 9.84 Å². The van der Waals surface area contributed by atoms with Gasteiger partial charge in [-0.25, -0.2) is 8.42 Å². The van der Waals surface area contributed by atoms with Crippen LogP contribution in [0.1, 0.15) is 32.3 Å². The molecule has 26 heavy (non-hydrogen) atoms. The highest BCUT2D eigenvalue weighted by Gasteiger charge is 2.70. The Morgan fingerprint density at radius 1 is 1.31 bits per heavy atom. The maximum atomic E-state index is 12.8. The Kier molecular flexibility index (Phi) is 5.78. The summed E-state index contributed by atoms with van der Waals surface area (Å²) in [4.78, 5) is 13.1. The zero-order chi connectivity index (χ0) is 18.5. The van der Waals surface area contributed by atoms with Crippen molar-refractivity contribution < 1.29 is 17.9 Å². The molecule has 1 aromatic carbocycles. The Morgan fingerprint density at radius 3 is 2.50 bits per heavy atom. The van der Waals surface area contributed by atoms with Gasteiger partial charge in [0.1, 0.15) is 5.54 Å². The number of benzene rings is 1. The van der Waals surface area contributed by atoms with Crippen LogP contribution in [0.2, 0.25) is 0 Å². The predicted octanol–water partition coefficient (Wildman–Crippen LogP) is 1.66. The molecule has 8 heteroatoms. The van der Waals surface area contributed by atoms with E-state index in [4.69, 9.17) is 10.5 Å². The molecular weight excluding hydrogens is 376 g/mol. The van der Waals surface area contributed by atoms with Crippen LogP contribution in [0.15, 0.2) is 29.2 Å². The third-order valence-electron chi connectivity index (χ3n) is 5.86. The summed E-state index contributed by atoms with van der Waals surface area (Å²) in [5.41, 5.74) is 6.03. The van der Waals surface area contributed by atoms with Crippen LogP contribution < -0.4 is 11.1 Å². The molecule has 0 bridgehead atoms. The van der Waals surface area contributed by atoms with Gasteiger partial charge in [-0.3, -0.25) is 4.79 Å². The maximum Gasteiger partial charge on any atom is 0.241 e. The normalized spacial score (nSPS) is 29.7. The molecule has 0 spiro atoms. The van der Waals surface area contributed by atoms with Crippen molar-refractivity contribution in [2.75, 3.05) is 12.9 Å². The van der Waals surface area contributed by atoms with Gasteiger partial charge in [0.05, 0.1) is 11.0 Å². The SMILES string of the molecule is CC1(C)C2OCCCC2C1(N)C(=O)NCc1ccc(S(C)(=O)=O)cc1.Cl. The second kappa shape index (κ2) is 7.11. The molecule has 1 aliphatic carbocycles. The number of ether oxygens (including phenoxy) is 1. The number of nitrogens with one attached hydrogen (secondary N) is 1. The first kappa shape index (κ1) is 21.2. The highest BCUT2D eigenvalue weighted by molar-refractivity contribution is 7.90. The molecule has 1 aliphatic heterocycles. The number of carbonyl (C=O) groups excluding carboxylic acids is 1. The molecule has 2 aliphatic rings. The lowest BCUT2D eigenvalue weighted by Gasteiger charge is -2.65. The molecule has 3 rings (SSSR count). The third kappa shape index (κ3) is 3.26. The van der Waals surface area contributed by atoms with Crippen molar-refractivity contribution >= 4 is 28.2 Å². The quantitative estimate of drug-likeness (QED) is 0.798. The van der Waals surface area contributed by atoms with Crippen LogP contribution in [0.25, 0.3) is 0 Å². The van der Waals surface area contributed by atoms with Crippen LogP contribution in [0, 0.1) is 11.3 Å². The topological polar surface area (TPSA) is 98.5 Å². The summed E-state index contributed by atoms with van der Waals surface area (Å²) in [5.74, 6) is -0.125. The summed E-state index contributed by atoms with van der Waals surface area (Å²) in [5, 5.41) is 2.92. The molecule has 1 heterocycles. The second-order valence-corrected chi connectivity index (χ2v) is 9.75. The molecule has 3 N–H and O–H groups in total. The summed E-state index contributed by atoms with van der Waals surface area (Å²) in [6, 6.07) is 6.51. The fraction of sp³-hybridized carbons (Fsp3) is 0.611. The van der Waals surface area contributed by atoms with Crippen LogP contribution in [0.4, 0.5) is 0 Å². The van der Waals surface area contributed by atoms with E-state index in [0.717, 1.165) is 25.0 Å². The lowest BCUT2D eigenvalue weighted by Crippen LogP contribution is -2.82. The first-order chi connectivity index (χ1) is 11.6. The highest BCUT2D eigenvalue weighted by Crippen LogP contribution is 2.57. The molecule has 2 fully saturated rings. The molecule has 6 nitrogen and oxygen atoms in total. The molecule has 0 aromatic heterocycles. The van der Waals surface area contributed by atoms with E-state index in [1.165, 1.54) is 6.26 Å². The predicted molar refractivity (Wildman–Crippen MR) is 102 cm³/mol. The first-order valence-electron chi connectivity index (χ1n) is 8.56. The average Bonchev–Trinajstić information content (AvgIpc) is 2.58. The van der Waals surface area contributed by atoms with Crippen molar-refractivity contribution in [1.29, 1.82) is 0 Å². The van der Waals surface area contributed by atoms with Crippen molar-refractivity contribution in [2.24, 2.45) is 17.1 Å². The van der Waals surface area contributed by atoms with E-state index < -0.39 is 20.8 Å². The largest absolute Gasteiger partial charge is 0.377 e. The fourth-order valence-electron chi connectivity index (χ4n) is 4.22. The first-order valence-corrected chi connectivity index (χ1v) is 10.5. The Bertz CT molecular complexity index is 779. The van der Waals surface area contributed by atoms with Gasteiger partial charge in [-0.2, -0.15) is 0 Å². The Balaban J connectivity index is 0.00000243. The third-order valence-corrected chi connectivity index (χ3v) is 6.99. The minimum absolute atomic E-state index is 0. The van der Waals surface area contributed by atoms with E-state index in [2.05, 4.69) is 5.32 Å². The van der Waals surface area contributed by atoms with Gasteiger partial charge in [-0.05, 0) is 30.5 Å². The molecule has 3 atom stereocenters. The number of rotatable bonds is 4. The Hall–Kier alpha value is -1.15. The van der Waals surface area contributed by atoms with Crippen molar-refractivity contribution in [3.05, 3.63) is 29.8 Å². The molecule has 1 aromatic rings. The van der Waals surface area contributed by atoms with Crippen LogP contribution in [-0.2, 0) is 25.9 Å². The van der Waals surface area contributed by atoms with Gasteiger partial charge in [-0.1, -0.05) is 26.0 Å². The number of amides is 1. The van der Waals surface area contributed by atoms with Gasteiger partial charge < -0.3 is 15.8 Å². The van der Waals surface area contributed by atoms with Crippen molar-refractivity contribution in [1.82, 2.24) is 5.32 Å². The number of carbonyl (C=O) groups is 1. The zero-order valence-corrected chi connectivity index (χ0v) is 17.0. The smallest absolute Gasteiger partial charge is 0.241 e. The minimum atomic E-state index is -3.22. The van der Waals surface area contributed by atoms with Crippen molar-refractivity contribution in [3.63, 3.8) is 0 Å². The lowest BCUT2D eigenvalue weighted by atomic mass is 9.46. The van der Waals surface area contributed by atoms with Gasteiger partial charge in [-0.15, -0.1) is 12.4 Å². The Labute approximate surface area is 161 Å². The highest BCUT2D eigenvalue weighted by atomic mass is 35.5. The monoisotopic (exact) mass is 402 g/mol. The van der Waals surface area contributed by atoms with Gasteiger partial charge >= 0.3 is 0 Å². The van der Waals surface area contributed by atoms with E-state index in [-0.39, 0.29) is 35.2 Å². The van der Waals surface area contributed by atoms with E-state index in [1.54, 1.807) is 24.3 Å². The van der Waals surface area contributed by atoms with E-state index in [1.807, 2.05) is 13.8 Å². The number of hydrogen-bond acceptors (Lipinski definition) is 5. The average molecular weight is 403 g/mol. The van der Waals surface area contributed by atoms with Crippen molar-refractivity contribution in [3.8, 4) is 0 Å². The zero-order valence-electron chi connectivity index (χ0n) is 15.3. The molecule has 146 valence electrons. The van der Waals surface area contributed by atoms with Gasteiger partial charge in [0.2, 0.25) is 5.91 Å². The number of hydrogen-bond donors (Lipinski definition) is 2. The van der Waals surface area contributed by atoms with Crippen LogP contribution in [0.5, 0.6) is 0 Å². The minimum Gasteiger partial charge on any atom is -0.377 e. The molecular formula is C18H27ClN2O4S. The van der Waals surface area contributed by atoms with E-state index in [0.29, 0.717) is 6.54 Å². The molecule has 1 saturated heterocycles. The summed E-state index contributed by atoms with van der Waals surface area (Å²) in [6.45, 7) is 5.02. The second-order valence-electron chi connectivity index (χ2n) is 7.73. The van der Waals surface area contributed by atoms with Crippen LogP contribution in [-0.4, -0.2) is 38.8 Å². The molecule has 3 unspecified atom stereocenters. The summed E-state index contributed by atoms with van der Waals surface area (Å²) < 4.78 is 28.8. The van der Waals surface area contributed by atoms with E-state index >= 15 is 0 Å². The van der Waals surface area contributed by atoms with E-state index in [9.17, 15) is 13.2 Å². The van der Waals surface area contributed by atoms with Gasteiger partial charge in [0, 0.05) is 30.7 Å². The maximum absolute atomic E-state index is 12.8. The summed E-state index contributed by atoms with van der Waals surface area (Å²) in [7, 11) is -3.22. The summed E-state index contributed by atoms with van der Waals surface area (Å²) >= 11 is 0. The number of fused-ring (bicyclic) bond motifs is 1. The number of nitrogens with two attached hydrogens (primary N) is 1. The van der Waals surface area contributed by atoms with Crippen LogP contribution >= 0.6 is 12.4 Å². The lowest BCUT2D eigenvalue weighted by molar-refractivity contribution is -0.225. The number of halogens is 1. The number of sulfone groups is 1. The fourth-order valence-corrected chi connectivity index (χ4v) is 4.85. The van der Waals surface area contributed by atoms with Gasteiger partial charge in [0.25, 0.3) is 0 Å². The molecule has 1 saturated carbocycles. The van der Waals surface area contributed by atoms with Crippen molar-refractivity contribution in [2.45, 2.75) is 49.8 Å².